The first-order chi connectivity index (χ1) is 14.2. The summed E-state index contributed by atoms with van der Waals surface area (Å²) in [7, 11) is 0. The van der Waals surface area contributed by atoms with Crippen LogP contribution in [-0.2, 0) is 0 Å². The molecule has 0 atom stereocenters. The second kappa shape index (κ2) is 11.7. The van der Waals surface area contributed by atoms with Gasteiger partial charge >= 0.3 is 0 Å². The number of hydrogen-bond acceptors (Lipinski definition) is 1. The summed E-state index contributed by atoms with van der Waals surface area (Å²) < 4.78 is 5.87. The zero-order valence-corrected chi connectivity index (χ0v) is 18.3. The average molecular weight is 389 g/mol. The fourth-order valence-corrected chi connectivity index (χ4v) is 3.98. The fraction of sp³-hybridized carbons (Fsp3) is 0.500. The van der Waals surface area contributed by atoms with Crippen LogP contribution in [0.2, 0.25) is 0 Å². The highest BCUT2D eigenvalue weighted by Gasteiger charge is 2.15. The number of unbranched alkanes of at least 4 members (excludes halogenated alkanes) is 4. The van der Waals surface area contributed by atoms with Gasteiger partial charge in [-0.2, -0.15) is 0 Å². The summed E-state index contributed by atoms with van der Waals surface area (Å²) in [4.78, 5) is 0. The summed E-state index contributed by atoms with van der Waals surface area (Å²) in [6.45, 7) is 5.42. The van der Waals surface area contributed by atoms with Crippen LogP contribution in [0.3, 0.4) is 0 Å². The molecular formula is C28H36O. The van der Waals surface area contributed by atoms with Crippen molar-refractivity contribution in [2.24, 2.45) is 11.8 Å². The molecule has 1 aliphatic rings. The minimum absolute atomic E-state index is 0.588. The van der Waals surface area contributed by atoms with Crippen molar-refractivity contribution in [1.82, 2.24) is 0 Å². The van der Waals surface area contributed by atoms with Crippen molar-refractivity contribution in [3.05, 3.63) is 54.1 Å². The first kappa shape index (κ1) is 21.5. The zero-order chi connectivity index (χ0) is 20.3. The van der Waals surface area contributed by atoms with Gasteiger partial charge in [-0.15, -0.1) is 0 Å². The Balaban J connectivity index is 1.48. The molecule has 0 unspecified atom stereocenters. The minimum Gasteiger partial charge on any atom is -0.494 e. The Hall–Kier alpha value is -2.20. The van der Waals surface area contributed by atoms with Gasteiger partial charge in [0.2, 0.25) is 0 Å². The molecule has 0 aromatic heterocycles. The van der Waals surface area contributed by atoms with E-state index in [0.29, 0.717) is 5.92 Å². The molecule has 154 valence electrons. The van der Waals surface area contributed by atoms with Crippen LogP contribution >= 0.6 is 0 Å². The van der Waals surface area contributed by atoms with Crippen LogP contribution < -0.4 is 4.74 Å². The maximum atomic E-state index is 5.87. The smallest absolute Gasteiger partial charge is 0.119 e. The summed E-state index contributed by atoms with van der Waals surface area (Å²) >= 11 is 0. The molecule has 0 spiro atoms. The largest absolute Gasteiger partial charge is 0.494 e. The van der Waals surface area contributed by atoms with E-state index in [4.69, 9.17) is 4.74 Å². The van der Waals surface area contributed by atoms with Crippen LogP contribution in [0, 0.1) is 23.7 Å². The molecule has 0 heterocycles. The Kier molecular flexibility index (Phi) is 8.69. The Morgan fingerprint density at radius 2 is 1.41 bits per heavy atom. The summed E-state index contributed by atoms with van der Waals surface area (Å²) in [5.41, 5.74) is 3.57. The molecule has 0 bridgehead atoms. The predicted octanol–water partition coefficient (Wildman–Crippen LogP) is 7.88. The number of ether oxygens (including phenoxy) is 1. The summed E-state index contributed by atoms with van der Waals surface area (Å²) in [6, 6.07) is 17.1. The second-order valence-electron chi connectivity index (χ2n) is 8.59. The van der Waals surface area contributed by atoms with Crippen molar-refractivity contribution >= 4 is 0 Å². The van der Waals surface area contributed by atoms with Crippen molar-refractivity contribution in [3.8, 4) is 28.7 Å². The van der Waals surface area contributed by atoms with Gasteiger partial charge in [-0.1, -0.05) is 75.6 Å². The Morgan fingerprint density at radius 1 is 0.793 bits per heavy atom. The normalized spacial score (nSPS) is 18.7. The van der Waals surface area contributed by atoms with Gasteiger partial charge in [0.05, 0.1) is 6.61 Å². The number of benzene rings is 2. The molecule has 1 saturated carbocycles. The quantitative estimate of drug-likeness (QED) is 0.330. The number of hydrogen-bond donors (Lipinski definition) is 0. The maximum Gasteiger partial charge on any atom is 0.119 e. The van der Waals surface area contributed by atoms with Crippen LogP contribution in [-0.4, -0.2) is 6.61 Å². The highest BCUT2D eigenvalue weighted by molar-refractivity contribution is 5.65. The third kappa shape index (κ3) is 7.28. The molecule has 3 rings (SSSR count). The van der Waals surface area contributed by atoms with Crippen molar-refractivity contribution < 1.29 is 4.74 Å². The molecule has 29 heavy (non-hydrogen) atoms. The van der Waals surface area contributed by atoms with Crippen LogP contribution in [0.25, 0.3) is 11.1 Å². The first-order valence-corrected chi connectivity index (χ1v) is 11.6. The highest BCUT2D eigenvalue weighted by atomic mass is 16.5. The van der Waals surface area contributed by atoms with E-state index >= 15 is 0 Å². The molecule has 2 aromatic rings. The van der Waals surface area contributed by atoms with Crippen LogP contribution in [0.15, 0.2) is 48.5 Å². The lowest BCUT2D eigenvalue weighted by Crippen LogP contribution is -2.10. The molecule has 1 nitrogen and oxygen atoms in total. The molecular weight excluding hydrogens is 352 g/mol. The van der Waals surface area contributed by atoms with Crippen molar-refractivity contribution in [2.75, 3.05) is 6.61 Å². The van der Waals surface area contributed by atoms with E-state index in [1.54, 1.807) is 0 Å². The van der Waals surface area contributed by atoms with E-state index in [1.165, 1.54) is 62.5 Å². The maximum absolute atomic E-state index is 5.87. The SMILES string of the molecule is CCCCCCCOc1ccc(-c2ccc(C#C[C@H]3CC[C@H](C)CC3)cc2)cc1. The van der Waals surface area contributed by atoms with Gasteiger partial charge in [0, 0.05) is 11.5 Å². The predicted molar refractivity (Wildman–Crippen MR) is 124 cm³/mol. The van der Waals surface area contributed by atoms with Crippen molar-refractivity contribution in [1.29, 1.82) is 0 Å². The van der Waals surface area contributed by atoms with Gasteiger partial charge in [-0.05, 0) is 73.4 Å². The molecule has 0 saturated heterocycles. The monoisotopic (exact) mass is 388 g/mol. The van der Waals surface area contributed by atoms with Crippen molar-refractivity contribution in [3.63, 3.8) is 0 Å². The highest BCUT2D eigenvalue weighted by Crippen LogP contribution is 2.28. The van der Waals surface area contributed by atoms with Gasteiger partial charge < -0.3 is 4.74 Å². The standard InChI is InChI=1S/C28H36O/c1-3-4-5-6-7-22-29-28-20-18-27(19-21-28)26-16-14-25(15-17-26)13-12-24-10-8-23(2)9-11-24/h14-21,23-24H,3-11,22H2,1-2H3/t23-,24-. The molecule has 0 amide bonds. The molecule has 2 aromatic carbocycles. The van der Waals surface area contributed by atoms with E-state index in [2.05, 4.69) is 74.2 Å². The van der Waals surface area contributed by atoms with Crippen LogP contribution in [0.1, 0.15) is 77.2 Å². The second-order valence-corrected chi connectivity index (χ2v) is 8.59. The van der Waals surface area contributed by atoms with Crippen LogP contribution in [0.4, 0.5) is 0 Å². The number of rotatable bonds is 8. The van der Waals surface area contributed by atoms with Gasteiger partial charge in [0.15, 0.2) is 0 Å². The lowest BCUT2D eigenvalue weighted by atomic mass is 9.83. The van der Waals surface area contributed by atoms with E-state index in [0.717, 1.165) is 30.3 Å². The molecule has 0 radical (unpaired) electrons. The molecule has 1 aliphatic carbocycles. The topological polar surface area (TPSA) is 9.23 Å². The average Bonchev–Trinajstić information content (AvgIpc) is 2.77. The summed E-state index contributed by atoms with van der Waals surface area (Å²) in [5, 5.41) is 0. The molecule has 0 N–H and O–H groups in total. The van der Waals surface area contributed by atoms with Gasteiger partial charge in [-0.3, -0.25) is 0 Å². The van der Waals surface area contributed by atoms with Crippen molar-refractivity contribution in [2.45, 2.75) is 71.6 Å². The van der Waals surface area contributed by atoms with E-state index in [9.17, 15) is 0 Å². The Morgan fingerprint density at radius 3 is 2.07 bits per heavy atom. The fourth-order valence-electron chi connectivity index (χ4n) is 3.98. The molecule has 0 aliphatic heterocycles. The van der Waals surface area contributed by atoms with Gasteiger partial charge in [-0.25, -0.2) is 0 Å². The van der Waals surface area contributed by atoms with E-state index in [-0.39, 0.29) is 0 Å². The minimum atomic E-state index is 0.588. The van der Waals surface area contributed by atoms with Gasteiger partial charge in [0.25, 0.3) is 0 Å². The van der Waals surface area contributed by atoms with Crippen LogP contribution in [0.5, 0.6) is 5.75 Å². The lowest BCUT2D eigenvalue weighted by Gasteiger charge is -2.21. The Labute approximate surface area is 177 Å². The van der Waals surface area contributed by atoms with E-state index < -0.39 is 0 Å². The molecule has 1 fully saturated rings. The zero-order valence-electron chi connectivity index (χ0n) is 18.3. The first-order valence-electron chi connectivity index (χ1n) is 11.6. The summed E-state index contributed by atoms with van der Waals surface area (Å²) in [6.07, 6.45) is 11.5. The molecule has 1 heteroatoms. The third-order valence-electron chi connectivity index (χ3n) is 6.03. The summed E-state index contributed by atoms with van der Waals surface area (Å²) in [5.74, 6) is 9.32. The third-order valence-corrected chi connectivity index (χ3v) is 6.03. The van der Waals surface area contributed by atoms with E-state index in [1.807, 2.05) is 0 Å². The lowest BCUT2D eigenvalue weighted by molar-refractivity contribution is 0.304. The Bertz CT molecular complexity index is 768. The van der Waals surface area contributed by atoms with Gasteiger partial charge in [0.1, 0.15) is 5.75 Å².